The molecular weight excluding hydrogens is 214 g/mol. The lowest BCUT2D eigenvalue weighted by molar-refractivity contribution is 0.781. The van der Waals surface area contributed by atoms with Gasteiger partial charge in [0.05, 0.1) is 5.69 Å². The molecule has 0 unspecified atom stereocenters. The summed E-state index contributed by atoms with van der Waals surface area (Å²) in [5, 5.41) is 7.41. The molecule has 0 saturated carbocycles. The van der Waals surface area contributed by atoms with Gasteiger partial charge in [0.15, 0.2) is 5.82 Å². The van der Waals surface area contributed by atoms with E-state index in [1.54, 1.807) is 4.68 Å². The second-order valence-corrected chi connectivity index (χ2v) is 3.93. The molecule has 0 saturated heterocycles. The summed E-state index contributed by atoms with van der Waals surface area (Å²) in [6, 6.07) is 3.85. The minimum absolute atomic E-state index is 0.806. The number of hydrogen-bond acceptors (Lipinski definition) is 4. The molecule has 0 bridgehead atoms. The number of rotatable bonds is 4. The molecule has 1 N–H and O–H groups in total. The minimum Gasteiger partial charge on any atom is -0.373 e. The molecule has 2 aromatic rings. The van der Waals surface area contributed by atoms with Crippen LogP contribution in [0.1, 0.15) is 24.9 Å². The molecule has 0 aliphatic heterocycles. The van der Waals surface area contributed by atoms with Crippen molar-refractivity contribution in [1.82, 2.24) is 19.7 Å². The molecule has 17 heavy (non-hydrogen) atoms. The fourth-order valence-corrected chi connectivity index (χ4v) is 1.61. The Labute approximate surface area is 101 Å². The van der Waals surface area contributed by atoms with E-state index in [0.29, 0.717) is 0 Å². The molecule has 2 heterocycles. The van der Waals surface area contributed by atoms with Gasteiger partial charge in [-0.2, -0.15) is 5.10 Å². The first-order valence-electron chi connectivity index (χ1n) is 5.81. The Bertz CT molecular complexity index is 503. The van der Waals surface area contributed by atoms with Crippen LogP contribution in [0.2, 0.25) is 0 Å². The van der Waals surface area contributed by atoms with Crippen molar-refractivity contribution in [3.05, 3.63) is 29.8 Å². The standard InChI is InChI=1S/C12H17N5/c1-4-5-10-14-11(13-3)8-12(15-10)17-7-6-9(2)16-17/h6-8H,4-5H2,1-3H3,(H,13,14,15). The maximum Gasteiger partial charge on any atom is 0.159 e. The first-order chi connectivity index (χ1) is 8.22. The summed E-state index contributed by atoms with van der Waals surface area (Å²) in [6.07, 6.45) is 3.82. The lowest BCUT2D eigenvalue weighted by Crippen LogP contribution is -2.06. The van der Waals surface area contributed by atoms with Gasteiger partial charge in [0.1, 0.15) is 11.6 Å². The molecule has 0 atom stereocenters. The van der Waals surface area contributed by atoms with Crippen molar-refractivity contribution in [3.63, 3.8) is 0 Å². The van der Waals surface area contributed by atoms with Crippen molar-refractivity contribution >= 4 is 5.82 Å². The van der Waals surface area contributed by atoms with Crippen LogP contribution in [0.5, 0.6) is 0 Å². The van der Waals surface area contributed by atoms with Crippen molar-refractivity contribution in [2.75, 3.05) is 12.4 Å². The average molecular weight is 231 g/mol. The molecule has 90 valence electrons. The fraction of sp³-hybridized carbons (Fsp3) is 0.417. The van der Waals surface area contributed by atoms with Crippen molar-refractivity contribution in [2.45, 2.75) is 26.7 Å². The molecule has 5 nitrogen and oxygen atoms in total. The van der Waals surface area contributed by atoms with E-state index < -0.39 is 0 Å². The van der Waals surface area contributed by atoms with Crippen LogP contribution in [0.4, 0.5) is 5.82 Å². The average Bonchev–Trinajstić information content (AvgIpc) is 2.76. The Morgan fingerprint density at radius 1 is 1.35 bits per heavy atom. The van der Waals surface area contributed by atoms with E-state index in [1.807, 2.05) is 32.3 Å². The van der Waals surface area contributed by atoms with Crippen LogP contribution in [0, 0.1) is 6.92 Å². The first-order valence-corrected chi connectivity index (χ1v) is 5.81. The van der Waals surface area contributed by atoms with E-state index in [0.717, 1.165) is 36.0 Å². The third kappa shape index (κ3) is 2.61. The Kier molecular flexibility index (Phi) is 3.37. The van der Waals surface area contributed by atoms with Gasteiger partial charge in [-0.3, -0.25) is 0 Å². The molecule has 0 spiro atoms. The predicted octanol–water partition coefficient (Wildman–Crippen LogP) is 1.96. The molecule has 0 amide bonds. The molecule has 0 aromatic carbocycles. The number of anilines is 1. The lowest BCUT2D eigenvalue weighted by Gasteiger charge is -2.07. The molecule has 5 heteroatoms. The van der Waals surface area contributed by atoms with Crippen molar-refractivity contribution < 1.29 is 0 Å². The number of hydrogen-bond donors (Lipinski definition) is 1. The van der Waals surface area contributed by atoms with Crippen LogP contribution >= 0.6 is 0 Å². The number of aromatic nitrogens is 4. The van der Waals surface area contributed by atoms with Gasteiger partial charge >= 0.3 is 0 Å². The van der Waals surface area contributed by atoms with Gasteiger partial charge in [-0.1, -0.05) is 6.92 Å². The maximum atomic E-state index is 4.50. The zero-order chi connectivity index (χ0) is 12.3. The number of nitrogens with one attached hydrogen (secondary N) is 1. The highest BCUT2D eigenvalue weighted by Crippen LogP contribution is 2.11. The van der Waals surface area contributed by atoms with Gasteiger partial charge in [0, 0.05) is 25.7 Å². The SMILES string of the molecule is CCCc1nc(NC)cc(-n2ccc(C)n2)n1. The summed E-state index contributed by atoms with van der Waals surface area (Å²) < 4.78 is 1.77. The summed E-state index contributed by atoms with van der Waals surface area (Å²) in [5.41, 5.74) is 0.978. The van der Waals surface area contributed by atoms with Crippen LogP contribution < -0.4 is 5.32 Å². The highest BCUT2D eigenvalue weighted by molar-refractivity contribution is 5.40. The van der Waals surface area contributed by atoms with Gasteiger partial charge in [0.25, 0.3) is 0 Å². The highest BCUT2D eigenvalue weighted by atomic mass is 15.3. The van der Waals surface area contributed by atoms with E-state index in [2.05, 4.69) is 27.3 Å². The quantitative estimate of drug-likeness (QED) is 0.874. The van der Waals surface area contributed by atoms with Crippen LogP contribution in [0.25, 0.3) is 5.82 Å². The van der Waals surface area contributed by atoms with Crippen LogP contribution in [-0.4, -0.2) is 26.8 Å². The van der Waals surface area contributed by atoms with Crippen LogP contribution in [-0.2, 0) is 6.42 Å². The minimum atomic E-state index is 0.806. The topological polar surface area (TPSA) is 55.6 Å². The Morgan fingerprint density at radius 2 is 2.18 bits per heavy atom. The fourth-order valence-electron chi connectivity index (χ4n) is 1.61. The molecule has 0 aliphatic rings. The number of nitrogens with zero attached hydrogens (tertiary/aromatic N) is 4. The van der Waals surface area contributed by atoms with Crippen molar-refractivity contribution in [3.8, 4) is 5.82 Å². The largest absolute Gasteiger partial charge is 0.373 e. The molecule has 0 fully saturated rings. The summed E-state index contributed by atoms with van der Waals surface area (Å²) in [4.78, 5) is 8.91. The van der Waals surface area contributed by atoms with Crippen molar-refractivity contribution in [1.29, 1.82) is 0 Å². The van der Waals surface area contributed by atoms with Gasteiger partial charge in [-0.05, 0) is 19.4 Å². The summed E-state index contributed by atoms with van der Waals surface area (Å²) in [6.45, 7) is 4.08. The zero-order valence-electron chi connectivity index (χ0n) is 10.4. The monoisotopic (exact) mass is 231 g/mol. The highest BCUT2D eigenvalue weighted by Gasteiger charge is 2.05. The van der Waals surface area contributed by atoms with Gasteiger partial charge < -0.3 is 5.32 Å². The predicted molar refractivity (Wildman–Crippen MR) is 67.4 cm³/mol. The number of aryl methyl sites for hydroxylation is 2. The summed E-state index contributed by atoms with van der Waals surface area (Å²) in [5.74, 6) is 2.48. The molecule has 2 aromatic heterocycles. The van der Waals surface area contributed by atoms with E-state index in [4.69, 9.17) is 0 Å². The Morgan fingerprint density at radius 3 is 2.76 bits per heavy atom. The molecule has 2 rings (SSSR count). The lowest BCUT2D eigenvalue weighted by atomic mass is 10.3. The smallest absolute Gasteiger partial charge is 0.159 e. The zero-order valence-corrected chi connectivity index (χ0v) is 10.4. The van der Waals surface area contributed by atoms with Gasteiger partial charge in [-0.25, -0.2) is 14.6 Å². The van der Waals surface area contributed by atoms with Crippen LogP contribution in [0.3, 0.4) is 0 Å². The molecule has 0 aliphatic carbocycles. The van der Waals surface area contributed by atoms with Gasteiger partial charge in [-0.15, -0.1) is 0 Å². The van der Waals surface area contributed by atoms with E-state index in [-0.39, 0.29) is 0 Å². The summed E-state index contributed by atoms with van der Waals surface area (Å²) >= 11 is 0. The summed E-state index contributed by atoms with van der Waals surface area (Å²) in [7, 11) is 1.86. The second-order valence-electron chi connectivity index (χ2n) is 3.93. The molecule has 0 radical (unpaired) electrons. The van der Waals surface area contributed by atoms with Crippen LogP contribution in [0.15, 0.2) is 18.3 Å². The second kappa shape index (κ2) is 4.95. The third-order valence-corrected chi connectivity index (χ3v) is 2.45. The normalized spacial score (nSPS) is 10.5. The Hall–Kier alpha value is -1.91. The van der Waals surface area contributed by atoms with Gasteiger partial charge in [0.2, 0.25) is 0 Å². The molecular formula is C12H17N5. The first kappa shape index (κ1) is 11.6. The maximum absolute atomic E-state index is 4.50. The Balaban J connectivity index is 2.42. The van der Waals surface area contributed by atoms with E-state index >= 15 is 0 Å². The van der Waals surface area contributed by atoms with Crippen molar-refractivity contribution in [2.24, 2.45) is 0 Å². The van der Waals surface area contributed by atoms with E-state index in [9.17, 15) is 0 Å². The van der Waals surface area contributed by atoms with E-state index in [1.165, 1.54) is 0 Å². The third-order valence-electron chi connectivity index (χ3n) is 2.45.